The quantitative estimate of drug-likeness (QED) is 0.698. The number of carbonyl (C=O) groups is 1. The van der Waals surface area contributed by atoms with Gasteiger partial charge >= 0.3 is 0 Å². The summed E-state index contributed by atoms with van der Waals surface area (Å²) in [6, 6.07) is 15.8. The molecule has 0 atom stereocenters. The van der Waals surface area contributed by atoms with E-state index in [2.05, 4.69) is 43.5 Å². The fraction of sp³-hybridized carbons (Fsp3) is 0.167. The van der Waals surface area contributed by atoms with Crippen molar-refractivity contribution >= 4 is 27.5 Å². The molecule has 5 nitrogen and oxygen atoms in total. The van der Waals surface area contributed by atoms with Crippen molar-refractivity contribution in [2.75, 3.05) is 5.32 Å². The van der Waals surface area contributed by atoms with Gasteiger partial charge in [-0.1, -0.05) is 46.3 Å². The van der Waals surface area contributed by atoms with Crippen LogP contribution in [0.4, 0.5) is 5.69 Å². The van der Waals surface area contributed by atoms with Crippen LogP contribution >= 0.6 is 15.9 Å². The standard InChI is InChI=1S/C18H17BrN4O/c19-15-9-10-17(23-13-20-12-21-23)16(11-15)22-18(24)8-4-7-14-5-2-1-3-6-14/h1-3,5-6,9-13H,4,7-8H2,(H,22,24). The van der Waals surface area contributed by atoms with Crippen molar-refractivity contribution in [3.05, 3.63) is 71.2 Å². The molecule has 3 aromatic rings. The highest BCUT2D eigenvalue weighted by atomic mass is 79.9. The van der Waals surface area contributed by atoms with Crippen LogP contribution in [0.5, 0.6) is 0 Å². The van der Waals surface area contributed by atoms with Gasteiger partial charge < -0.3 is 5.32 Å². The van der Waals surface area contributed by atoms with E-state index in [-0.39, 0.29) is 5.91 Å². The Morgan fingerprint density at radius 2 is 2.00 bits per heavy atom. The molecule has 0 unspecified atom stereocenters. The number of halogens is 1. The highest BCUT2D eigenvalue weighted by molar-refractivity contribution is 9.10. The molecule has 0 fully saturated rings. The smallest absolute Gasteiger partial charge is 0.224 e. The molecule has 24 heavy (non-hydrogen) atoms. The van der Waals surface area contributed by atoms with Gasteiger partial charge in [-0.2, -0.15) is 5.10 Å². The second kappa shape index (κ2) is 7.88. The SMILES string of the molecule is O=C(CCCc1ccccc1)Nc1cc(Br)ccc1-n1cncn1. The Morgan fingerprint density at radius 3 is 2.75 bits per heavy atom. The number of amides is 1. The molecule has 0 saturated carbocycles. The maximum Gasteiger partial charge on any atom is 0.224 e. The zero-order chi connectivity index (χ0) is 16.8. The maximum atomic E-state index is 12.3. The van der Waals surface area contributed by atoms with E-state index in [0.717, 1.165) is 23.0 Å². The van der Waals surface area contributed by atoms with Gasteiger partial charge in [0.15, 0.2) is 0 Å². The molecule has 1 heterocycles. The van der Waals surface area contributed by atoms with Gasteiger partial charge in [-0.05, 0) is 36.6 Å². The Bertz CT molecular complexity index is 803. The van der Waals surface area contributed by atoms with Crippen LogP contribution in [0.25, 0.3) is 5.69 Å². The molecule has 122 valence electrons. The number of rotatable bonds is 6. The molecule has 1 amide bonds. The number of aromatic nitrogens is 3. The Balaban J connectivity index is 1.63. The Hall–Kier alpha value is -2.47. The van der Waals surface area contributed by atoms with Crippen molar-refractivity contribution < 1.29 is 4.79 Å². The van der Waals surface area contributed by atoms with Crippen molar-refractivity contribution in [1.29, 1.82) is 0 Å². The number of hydrogen-bond donors (Lipinski definition) is 1. The topological polar surface area (TPSA) is 59.8 Å². The van der Waals surface area contributed by atoms with Crippen LogP contribution in [0.2, 0.25) is 0 Å². The van der Waals surface area contributed by atoms with Crippen LogP contribution in [0.15, 0.2) is 65.7 Å². The van der Waals surface area contributed by atoms with Gasteiger partial charge in [0.1, 0.15) is 12.7 Å². The van der Waals surface area contributed by atoms with Crippen molar-refractivity contribution in [1.82, 2.24) is 14.8 Å². The molecule has 3 rings (SSSR count). The first-order valence-corrected chi connectivity index (χ1v) is 8.50. The second-order valence-electron chi connectivity index (χ2n) is 5.39. The van der Waals surface area contributed by atoms with E-state index >= 15 is 0 Å². The summed E-state index contributed by atoms with van der Waals surface area (Å²) in [5, 5.41) is 7.09. The van der Waals surface area contributed by atoms with Gasteiger partial charge in [-0.15, -0.1) is 0 Å². The molecule has 0 aliphatic rings. The normalized spacial score (nSPS) is 10.5. The molecule has 1 aromatic heterocycles. The zero-order valence-corrected chi connectivity index (χ0v) is 14.6. The van der Waals surface area contributed by atoms with E-state index in [1.54, 1.807) is 11.0 Å². The molecule has 0 spiro atoms. The molecule has 2 aromatic carbocycles. The lowest BCUT2D eigenvalue weighted by Gasteiger charge is -2.11. The average molecular weight is 385 g/mol. The monoisotopic (exact) mass is 384 g/mol. The average Bonchev–Trinajstić information content (AvgIpc) is 3.10. The number of carbonyl (C=O) groups excluding carboxylic acids is 1. The van der Waals surface area contributed by atoms with E-state index in [4.69, 9.17) is 0 Å². The molecule has 0 aliphatic carbocycles. The first-order chi connectivity index (χ1) is 11.7. The maximum absolute atomic E-state index is 12.3. The minimum Gasteiger partial charge on any atom is -0.324 e. The van der Waals surface area contributed by atoms with Crippen LogP contribution in [0, 0.1) is 0 Å². The van der Waals surface area contributed by atoms with Gasteiger partial charge in [0.25, 0.3) is 0 Å². The summed E-state index contributed by atoms with van der Waals surface area (Å²) >= 11 is 3.44. The largest absolute Gasteiger partial charge is 0.324 e. The predicted molar refractivity (Wildman–Crippen MR) is 97.1 cm³/mol. The summed E-state index contributed by atoms with van der Waals surface area (Å²) in [5.41, 5.74) is 2.74. The second-order valence-corrected chi connectivity index (χ2v) is 6.30. The van der Waals surface area contributed by atoms with Gasteiger partial charge in [-0.3, -0.25) is 4.79 Å². The lowest BCUT2D eigenvalue weighted by molar-refractivity contribution is -0.116. The summed E-state index contributed by atoms with van der Waals surface area (Å²) < 4.78 is 2.53. The van der Waals surface area contributed by atoms with Gasteiger partial charge in [0.05, 0.1) is 11.4 Å². The third-order valence-electron chi connectivity index (χ3n) is 3.61. The van der Waals surface area contributed by atoms with Crippen LogP contribution in [-0.4, -0.2) is 20.7 Å². The van der Waals surface area contributed by atoms with Crippen LogP contribution in [0.3, 0.4) is 0 Å². The third-order valence-corrected chi connectivity index (χ3v) is 4.10. The van der Waals surface area contributed by atoms with Crippen molar-refractivity contribution in [3.8, 4) is 5.69 Å². The number of nitrogens with zero attached hydrogens (tertiary/aromatic N) is 3. The fourth-order valence-corrected chi connectivity index (χ4v) is 2.81. The summed E-state index contributed by atoms with van der Waals surface area (Å²) in [4.78, 5) is 16.2. The fourth-order valence-electron chi connectivity index (χ4n) is 2.45. The van der Waals surface area contributed by atoms with Crippen LogP contribution in [-0.2, 0) is 11.2 Å². The number of anilines is 1. The van der Waals surface area contributed by atoms with E-state index in [1.807, 2.05) is 36.4 Å². The zero-order valence-electron chi connectivity index (χ0n) is 13.0. The van der Waals surface area contributed by atoms with Crippen molar-refractivity contribution in [3.63, 3.8) is 0 Å². The van der Waals surface area contributed by atoms with E-state index < -0.39 is 0 Å². The number of benzene rings is 2. The van der Waals surface area contributed by atoms with Gasteiger partial charge in [0.2, 0.25) is 5.91 Å². The number of hydrogen-bond acceptors (Lipinski definition) is 3. The summed E-state index contributed by atoms with van der Waals surface area (Å²) in [5.74, 6) is -0.00889. The molecule has 6 heteroatoms. The highest BCUT2D eigenvalue weighted by Gasteiger charge is 2.10. The molecule has 1 N–H and O–H groups in total. The molecule has 0 radical (unpaired) electrons. The van der Waals surface area contributed by atoms with Crippen molar-refractivity contribution in [2.45, 2.75) is 19.3 Å². The lowest BCUT2D eigenvalue weighted by atomic mass is 10.1. The molecular weight excluding hydrogens is 368 g/mol. The van der Waals surface area contributed by atoms with E-state index in [9.17, 15) is 4.79 Å². The van der Waals surface area contributed by atoms with Crippen molar-refractivity contribution in [2.24, 2.45) is 0 Å². The summed E-state index contributed by atoms with van der Waals surface area (Å²) in [6.45, 7) is 0. The summed E-state index contributed by atoms with van der Waals surface area (Å²) in [6.07, 6.45) is 5.24. The lowest BCUT2D eigenvalue weighted by Crippen LogP contribution is -2.14. The molecule has 0 saturated heterocycles. The van der Waals surface area contributed by atoms with Gasteiger partial charge in [-0.25, -0.2) is 9.67 Å². The first-order valence-electron chi connectivity index (χ1n) is 7.71. The molecule has 0 bridgehead atoms. The first kappa shape index (κ1) is 16.4. The summed E-state index contributed by atoms with van der Waals surface area (Å²) in [7, 11) is 0. The molecule has 0 aliphatic heterocycles. The third kappa shape index (κ3) is 4.29. The minimum atomic E-state index is -0.00889. The number of nitrogens with one attached hydrogen (secondary N) is 1. The molecular formula is C18H17BrN4O. The van der Waals surface area contributed by atoms with Gasteiger partial charge in [0, 0.05) is 10.9 Å². The minimum absolute atomic E-state index is 0.00889. The predicted octanol–water partition coefficient (Wildman–Crippen LogP) is 3.99. The Morgan fingerprint density at radius 1 is 1.17 bits per heavy atom. The number of aryl methyl sites for hydroxylation is 1. The van der Waals surface area contributed by atoms with Crippen LogP contribution < -0.4 is 5.32 Å². The van der Waals surface area contributed by atoms with E-state index in [1.165, 1.54) is 11.9 Å². The highest BCUT2D eigenvalue weighted by Crippen LogP contribution is 2.24. The Labute approximate surface area is 148 Å². The Kier molecular flexibility index (Phi) is 5.38. The van der Waals surface area contributed by atoms with Crippen LogP contribution in [0.1, 0.15) is 18.4 Å². The van der Waals surface area contributed by atoms with E-state index in [0.29, 0.717) is 12.1 Å².